The van der Waals surface area contributed by atoms with Gasteiger partial charge in [0.15, 0.2) is 0 Å². The van der Waals surface area contributed by atoms with Crippen molar-refractivity contribution in [3.8, 4) is 0 Å². The molecule has 2 nitrogen and oxygen atoms in total. The van der Waals surface area contributed by atoms with E-state index >= 15 is 0 Å². The highest BCUT2D eigenvalue weighted by Gasteiger charge is 2.63. The van der Waals surface area contributed by atoms with Crippen molar-refractivity contribution in [2.75, 3.05) is 0 Å². The molecule has 0 radical (unpaired) electrons. The van der Waals surface area contributed by atoms with Gasteiger partial charge in [0.25, 0.3) is 0 Å². The zero-order chi connectivity index (χ0) is 23.7. The Labute approximate surface area is 197 Å². The highest BCUT2D eigenvalue weighted by atomic mass is 16.1. The number of carbonyl (C=O) groups is 2. The summed E-state index contributed by atoms with van der Waals surface area (Å²) in [4.78, 5) is 25.1. The van der Waals surface area contributed by atoms with Crippen LogP contribution in [0.15, 0.2) is 11.1 Å². The highest BCUT2D eigenvalue weighted by molar-refractivity contribution is 5.85. The van der Waals surface area contributed by atoms with Gasteiger partial charge in [0, 0.05) is 24.2 Å². The molecule has 2 fully saturated rings. The van der Waals surface area contributed by atoms with Gasteiger partial charge in [-0.2, -0.15) is 0 Å². The fraction of sp³-hybridized carbons (Fsp3) is 0.867. The van der Waals surface area contributed by atoms with Crippen LogP contribution in [0.2, 0.25) is 0 Å². The van der Waals surface area contributed by atoms with E-state index in [0.717, 1.165) is 31.6 Å². The van der Waals surface area contributed by atoms with E-state index in [1.165, 1.54) is 38.5 Å². The number of fused-ring (bicyclic) bond motifs is 4. The second kappa shape index (κ2) is 7.81. The van der Waals surface area contributed by atoms with Crippen molar-refractivity contribution >= 4 is 11.6 Å². The van der Waals surface area contributed by atoms with E-state index < -0.39 is 0 Å². The van der Waals surface area contributed by atoms with Crippen LogP contribution >= 0.6 is 0 Å². The summed E-state index contributed by atoms with van der Waals surface area (Å²) in [5.41, 5.74) is 4.22. The molecular weight excluding hydrogens is 392 g/mol. The number of carbonyl (C=O) groups excluding carboxylic acids is 2. The van der Waals surface area contributed by atoms with Crippen LogP contribution < -0.4 is 0 Å². The number of ketones is 2. The number of hydrogen-bond acceptors (Lipinski definition) is 2. The maximum absolute atomic E-state index is 12.8. The van der Waals surface area contributed by atoms with Crippen molar-refractivity contribution in [1.29, 1.82) is 0 Å². The number of Topliss-reactive ketones (excluding diaryl/α,β-unsaturated/α-hetero) is 2. The summed E-state index contributed by atoms with van der Waals surface area (Å²) in [6.45, 7) is 18.6. The first kappa shape index (κ1) is 24.2. The Bertz CT molecular complexity index is 832. The van der Waals surface area contributed by atoms with Crippen LogP contribution in [0, 0.1) is 45.3 Å². The minimum atomic E-state index is -0.178. The van der Waals surface area contributed by atoms with Gasteiger partial charge in [0.05, 0.1) is 0 Å². The predicted octanol–water partition coefficient (Wildman–Crippen LogP) is 7.95. The van der Waals surface area contributed by atoms with Crippen molar-refractivity contribution in [1.82, 2.24) is 0 Å². The smallest absolute Gasteiger partial charge is 0.138 e. The largest absolute Gasteiger partial charge is 0.299 e. The molecule has 0 spiro atoms. The Morgan fingerprint density at radius 3 is 2.25 bits per heavy atom. The molecule has 0 aromatic carbocycles. The first-order valence-electron chi connectivity index (χ1n) is 13.6. The molecule has 0 aliphatic heterocycles. The number of hydrogen-bond donors (Lipinski definition) is 0. The normalized spacial score (nSPS) is 41.8. The second-order valence-corrected chi connectivity index (χ2v) is 13.6. The number of rotatable bonds is 5. The lowest BCUT2D eigenvalue weighted by Gasteiger charge is -2.61. The molecule has 0 saturated heterocycles. The molecule has 2 saturated carbocycles. The molecule has 0 heterocycles. The third kappa shape index (κ3) is 3.24. The summed E-state index contributed by atoms with van der Waals surface area (Å²) in [5, 5.41) is 0. The van der Waals surface area contributed by atoms with Crippen LogP contribution in [-0.2, 0) is 9.59 Å². The Morgan fingerprint density at radius 1 is 0.906 bits per heavy atom. The van der Waals surface area contributed by atoms with Gasteiger partial charge in [-0.25, -0.2) is 0 Å². The van der Waals surface area contributed by atoms with E-state index in [-0.39, 0.29) is 16.7 Å². The molecule has 0 unspecified atom stereocenters. The lowest BCUT2D eigenvalue weighted by atomic mass is 9.43. The van der Waals surface area contributed by atoms with Crippen molar-refractivity contribution in [2.45, 2.75) is 120 Å². The molecule has 32 heavy (non-hydrogen) atoms. The van der Waals surface area contributed by atoms with Gasteiger partial charge >= 0.3 is 0 Å². The number of allylic oxidation sites excluding steroid dienone is 2. The van der Waals surface area contributed by atoms with Crippen LogP contribution in [0.3, 0.4) is 0 Å². The Hall–Kier alpha value is -0.920. The quantitative estimate of drug-likeness (QED) is 0.406. The zero-order valence-corrected chi connectivity index (χ0v) is 22.2. The van der Waals surface area contributed by atoms with Crippen LogP contribution in [0.5, 0.6) is 0 Å². The minimum Gasteiger partial charge on any atom is -0.299 e. The fourth-order valence-electron chi connectivity index (χ4n) is 9.30. The average molecular weight is 441 g/mol. The SMILES string of the molecule is CC(C)C(=O)CC[C@@H](C)[C@@H]1CC[C@]2(C)C3=C(CC[C@@]12C)[C@@]1(C)CCC(=O)C(C)(C)[C@@H]1CC3. The van der Waals surface area contributed by atoms with E-state index in [0.29, 0.717) is 34.2 Å². The Morgan fingerprint density at radius 2 is 1.59 bits per heavy atom. The molecular formula is C30H48O2. The predicted molar refractivity (Wildman–Crippen MR) is 132 cm³/mol. The fourth-order valence-corrected chi connectivity index (χ4v) is 9.30. The summed E-state index contributed by atoms with van der Waals surface area (Å²) >= 11 is 0. The molecule has 2 heteroatoms. The van der Waals surface area contributed by atoms with Crippen molar-refractivity contribution < 1.29 is 9.59 Å². The van der Waals surface area contributed by atoms with Crippen molar-refractivity contribution in [2.24, 2.45) is 45.3 Å². The average Bonchev–Trinajstić information content (AvgIpc) is 3.00. The van der Waals surface area contributed by atoms with Crippen LogP contribution in [0.25, 0.3) is 0 Å². The molecule has 4 aliphatic rings. The lowest BCUT2D eigenvalue weighted by molar-refractivity contribution is -0.139. The van der Waals surface area contributed by atoms with Crippen LogP contribution in [0.1, 0.15) is 120 Å². The first-order chi connectivity index (χ1) is 14.8. The molecule has 4 rings (SSSR count). The van der Waals surface area contributed by atoms with Crippen molar-refractivity contribution in [3.63, 3.8) is 0 Å². The van der Waals surface area contributed by atoms with Crippen LogP contribution in [0.4, 0.5) is 0 Å². The molecule has 0 bridgehead atoms. The summed E-state index contributed by atoms with van der Waals surface area (Å²) in [6.07, 6.45) is 11.1. The topological polar surface area (TPSA) is 34.1 Å². The maximum Gasteiger partial charge on any atom is 0.138 e. The van der Waals surface area contributed by atoms with E-state index in [9.17, 15) is 9.59 Å². The van der Waals surface area contributed by atoms with Gasteiger partial charge in [-0.05, 0) is 85.4 Å². The molecule has 0 aromatic heterocycles. The molecule has 0 N–H and O–H groups in total. The first-order valence-corrected chi connectivity index (χ1v) is 13.6. The highest BCUT2D eigenvalue weighted by Crippen LogP contribution is 2.72. The summed E-state index contributed by atoms with van der Waals surface area (Å²) in [7, 11) is 0. The third-order valence-corrected chi connectivity index (χ3v) is 11.7. The van der Waals surface area contributed by atoms with E-state index in [1.807, 2.05) is 13.8 Å². The van der Waals surface area contributed by atoms with Gasteiger partial charge in [-0.3, -0.25) is 9.59 Å². The van der Waals surface area contributed by atoms with E-state index in [1.54, 1.807) is 11.1 Å². The molecule has 180 valence electrons. The lowest BCUT2D eigenvalue weighted by Crippen LogP contribution is -2.53. The van der Waals surface area contributed by atoms with Gasteiger partial charge in [-0.15, -0.1) is 0 Å². The Kier molecular flexibility index (Phi) is 5.91. The minimum absolute atomic E-state index is 0.163. The monoisotopic (exact) mass is 440 g/mol. The van der Waals surface area contributed by atoms with Crippen molar-refractivity contribution in [3.05, 3.63) is 11.1 Å². The molecule has 0 amide bonds. The second-order valence-electron chi connectivity index (χ2n) is 13.6. The summed E-state index contributed by atoms with van der Waals surface area (Å²) in [5.74, 6) is 2.91. The molecule has 4 aliphatic carbocycles. The molecule has 6 atom stereocenters. The summed E-state index contributed by atoms with van der Waals surface area (Å²) in [6, 6.07) is 0. The van der Waals surface area contributed by atoms with Gasteiger partial charge in [0.2, 0.25) is 0 Å². The molecule has 0 aromatic rings. The maximum atomic E-state index is 12.8. The third-order valence-electron chi connectivity index (χ3n) is 11.7. The zero-order valence-electron chi connectivity index (χ0n) is 22.2. The van der Waals surface area contributed by atoms with Gasteiger partial charge < -0.3 is 0 Å². The van der Waals surface area contributed by atoms with E-state index in [4.69, 9.17) is 0 Å². The summed E-state index contributed by atoms with van der Waals surface area (Å²) < 4.78 is 0. The van der Waals surface area contributed by atoms with E-state index in [2.05, 4.69) is 41.5 Å². The van der Waals surface area contributed by atoms with Gasteiger partial charge in [-0.1, -0.05) is 66.5 Å². The standard InChI is InChI=1S/C30H48O2/c1-19(2)24(31)11-9-20(3)21-13-17-30(8)23-10-12-25-27(4,5)26(32)15-16-28(25,6)22(23)14-18-29(21,30)7/h19-21,25H,9-18H2,1-8H3/t20-,21+,25+,28-,29+,30-/m1/s1. The Balaban J connectivity index is 1.63. The van der Waals surface area contributed by atoms with Gasteiger partial charge in [0.1, 0.15) is 11.6 Å². The van der Waals surface area contributed by atoms with Crippen LogP contribution in [-0.4, -0.2) is 11.6 Å².